The second-order valence-electron chi connectivity index (χ2n) is 16.5. The Balaban J connectivity index is 1.12. The van der Waals surface area contributed by atoms with Crippen molar-refractivity contribution in [1.82, 2.24) is 10.6 Å². The van der Waals surface area contributed by atoms with Gasteiger partial charge in [-0.05, 0) is 120 Å². The van der Waals surface area contributed by atoms with Gasteiger partial charge in [0.2, 0.25) is 0 Å². The molecule has 0 radical (unpaired) electrons. The Kier molecular flexibility index (Phi) is 8.86. The van der Waals surface area contributed by atoms with Gasteiger partial charge in [0.25, 0.3) is 0 Å². The number of fused-ring (bicyclic) bond motifs is 9. The monoisotopic (exact) mass is 801 g/mol. The maximum absolute atomic E-state index is 5.57. The summed E-state index contributed by atoms with van der Waals surface area (Å²) in [5.41, 5.74) is 12.4. The van der Waals surface area contributed by atoms with Gasteiger partial charge in [0.05, 0.1) is 0 Å². The molecule has 12 rings (SSSR count). The normalized spacial score (nSPS) is 17.4. The number of amidine groups is 1. The van der Waals surface area contributed by atoms with Gasteiger partial charge >= 0.3 is 0 Å². The van der Waals surface area contributed by atoms with E-state index in [2.05, 4.69) is 199 Å². The first-order valence-electron chi connectivity index (χ1n) is 21.5. The third kappa shape index (κ3) is 6.25. The molecule has 9 aromatic rings. The largest absolute Gasteiger partial charge is 0.351 e. The smallest absolute Gasteiger partial charge is 0.131 e. The molecule has 8 aromatic carbocycles. The summed E-state index contributed by atoms with van der Waals surface area (Å²) >= 11 is 1.98. The van der Waals surface area contributed by atoms with Crippen LogP contribution in [-0.2, 0) is 6.42 Å². The van der Waals surface area contributed by atoms with Crippen molar-refractivity contribution in [2.75, 3.05) is 0 Å². The standard InChI is InChI=1S/C57H43N3S/c1-4-16-36(17-5-1)37-28-30-40(31-29-37)56-58-55(39-20-8-3-9-21-39)59-57(60-56)41-34-49-45-24-11-10-22-43(45)44-23-12-13-25-46(44)52(49)50(35-41)47-33-32-42(38-18-6-2-7-19-38)54-53(47)48-26-14-15-27-51(48)61-54/h1-8,10-14,16-20,22-26,28-35,55,57,59H,9,15,21,27H2,(H,58,60). The molecule has 2 heterocycles. The highest BCUT2D eigenvalue weighted by Gasteiger charge is 2.29. The Morgan fingerprint density at radius 2 is 1.16 bits per heavy atom. The molecular weight excluding hydrogens is 759 g/mol. The van der Waals surface area contributed by atoms with Gasteiger partial charge in [0.1, 0.15) is 18.2 Å². The Morgan fingerprint density at radius 3 is 1.92 bits per heavy atom. The minimum atomic E-state index is -0.300. The maximum atomic E-state index is 5.57. The van der Waals surface area contributed by atoms with Crippen molar-refractivity contribution in [3.8, 4) is 33.4 Å². The predicted molar refractivity (Wildman–Crippen MR) is 260 cm³/mol. The minimum Gasteiger partial charge on any atom is -0.351 e. The van der Waals surface area contributed by atoms with Crippen LogP contribution in [0.1, 0.15) is 47.0 Å². The van der Waals surface area contributed by atoms with Crippen LogP contribution in [0.15, 0.2) is 193 Å². The molecule has 2 atom stereocenters. The number of allylic oxidation sites excluding steroid dienone is 4. The molecule has 0 amide bonds. The third-order valence-electron chi connectivity index (χ3n) is 12.9. The highest BCUT2D eigenvalue weighted by Crippen LogP contribution is 2.49. The van der Waals surface area contributed by atoms with Crippen LogP contribution in [0, 0.1) is 0 Å². The van der Waals surface area contributed by atoms with E-state index >= 15 is 0 Å². The van der Waals surface area contributed by atoms with Crippen LogP contribution >= 0.6 is 11.3 Å². The van der Waals surface area contributed by atoms with Gasteiger partial charge in [-0.1, -0.05) is 176 Å². The lowest BCUT2D eigenvalue weighted by molar-refractivity contribution is 0.429. The number of nitrogens with one attached hydrogen (secondary N) is 2. The van der Waals surface area contributed by atoms with Crippen LogP contribution in [0.3, 0.4) is 0 Å². The second kappa shape index (κ2) is 15.0. The Hall–Kier alpha value is -6.85. The van der Waals surface area contributed by atoms with Crippen molar-refractivity contribution in [2.45, 2.75) is 38.0 Å². The highest BCUT2D eigenvalue weighted by molar-refractivity contribution is 7.20. The molecule has 0 spiro atoms. The average Bonchev–Trinajstić information content (AvgIpc) is 3.74. The second-order valence-corrected chi connectivity index (χ2v) is 17.6. The molecule has 292 valence electrons. The zero-order valence-corrected chi connectivity index (χ0v) is 34.6. The summed E-state index contributed by atoms with van der Waals surface area (Å²) in [5.74, 6) is 0.903. The van der Waals surface area contributed by atoms with E-state index in [-0.39, 0.29) is 12.3 Å². The molecule has 4 heteroatoms. The summed E-state index contributed by atoms with van der Waals surface area (Å²) in [7, 11) is 0. The fraction of sp³-hybridized carbons (Fsp3) is 0.105. The number of aryl methyl sites for hydroxylation is 1. The summed E-state index contributed by atoms with van der Waals surface area (Å²) in [6.45, 7) is 0. The number of aliphatic imine (C=N–C) groups is 1. The summed E-state index contributed by atoms with van der Waals surface area (Å²) in [4.78, 5) is 7.05. The summed E-state index contributed by atoms with van der Waals surface area (Å²) in [6.07, 6.45) is 15.3. The molecule has 1 aromatic heterocycles. The summed E-state index contributed by atoms with van der Waals surface area (Å²) < 4.78 is 1.36. The van der Waals surface area contributed by atoms with E-state index in [4.69, 9.17) is 4.99 Å². The summed E-state index contributed by atoms with van der Waals surface area (Å²) in [6, 6.07) is 58.0. The van der Waals surface area contributed by atoms with Crippen molar-refractivity contribution < 1.29 is 0 Å². The van der Waals surface area contributed by atoms with E-state index < -0.39 is 0 Å². The van der Waals surface area contributed by atoms with E-state index in [1.165, 1.54) is 91.8 Å². The van der Waals surface area contributed by atoms with Gasteiger partial charge in [0, 0.05) is 20.5 Å². The molecule has 61 heavy (non-hydrogen) atoms. The molecule has 0 saturated heterocycles. The van der Waals surface area contributed by atoms with Gasteiger partial charge in [-0.2, -0.15) is 0 Å². The number of benzene rings is 8. The molecule has 0 saturated carbocycles. The van der Waals surface area contributed by atoms with Crippen LogP contribution < -0.4 is 10.6 Å². The molecule has 2 N–H and O–H groups in total. The number of hydrogen-bond acceptors (Lipinski definition) is 4. The number of hydrogen-bond donors (Lipinski definition) is 2. The van der Waals surface area contributed by atoms with Crippen LogP contribution in [-0.4, -0.2) is 12.0 Å². The van der Waals surface area contributed by atoms with Gasteiger partial charge < -0.3 is 5.32 Å². The van der Waals surface area contributed by atoms with E-state index in [1.807, 2.05) is 11.3 Å². The average molecular weight is 802 g/mol. The maximum Gasteiger partial charge on any atom is 0.131 e. The van der Waals surface area contributed by atoms with Crippen LogP contribution in [0.5, 0.6) is 0 Å². The van der Waals surface area contributed by atoms with E-state index in [0.717, 1.165) is 42.6 Å². The fourth-order valence-electron chi connectivity index (χ4n) is 9.93. The Morgan fingerprint density at radius 1 is 0.525 bits per heavy atom. The van der Waals surface area contributed by atoms with Crippen LogP contribution in [0.4, 0.5) is 0 Å². The molecule has 3 aliphatic rings. The van der Waals surface area contributed by atoms with Crippen molar-refractivity contribution in [3.63, 3.8) is 0 Å². The summed E-state index contributed by atoms with van der Waals surface area (Å²) in [5, 5.41) is 16.8. The highest BCUT2D eigenvalue weighted by atomic mass is 32.1. The number of nitrogens with zero attached hydrogens (tertiary/aromatic N) is 1. The fourth-order valence-corrected chi connectivity index (χ4v) is 11.3. The Labute approximate surface area is 360 Å². The van der Waals surface area contributed by atoms with Crippen molar-refractivity contribution >= 4 is 65.7 Å². The molecular formula is C57H43N3S. The van der Waals surface area contributed by atoms with Crippen LogP contribution in [0.25, 0.3) is 81.9 Å². The zero-order valence-electron chi connectivity index (χ0n) is 33.7. The van der Waals surface area contributed by atoms with Gasteiger partial charge in [-0.25, -0.2) is 4.99 Å². The quantitative estimate of drug-likeness (QED) is 0.164. The van der Waals surface area contributed by atoms with Crippen molar-refractivity contribution in [1.29, 1.82) is 0 Å². The molecule has 0 fully saturated rings. The molecule has 2 aliphatic carbocycles. The first kappa shape index (κ1) is 36.0. The van der Waals surface area contributed by atoms with Crippen LogP contribution in [0.2, 0.25) is 0 Å². The predicted octanol–water partition coefficient (Wildman–Crippen LogP) is 14.6. The lowest BCUT2D eigenvalue weighted by Crippen LogP contribution is -2.52. The first-order chi connectivity index (χ1) is 30.2. The lowest BCUT2D eigenvalue weighted by atomic mass is 9.85. The van der Waals surface area contributed by atoms with Gasteiger partial charge in [-0.15, -0.1) is 11.3 Å². The molecule has 2 unspecified atom stereocenters. The first-order valence-corrected chi connectivity index (χ1v) is 22.4. The van der Waals surface area contributed by atoms with Gasteiger partial charge in [-0.3, -0.25) is 5.32 Å². The molecule has 0 bridgehead atoms. The minimum absolute atomic E-state index is 0.0744. The molecule has 1 aliphatic heterocycles. The van der Waals surface area contributed by atoms with E-state index in [1.54, 1.807) is 0 Å². The SMILES string of the molecule is C1=CCCC(C2NC(c3ccc(-c4ccccc4)cc3)=NC(c3cc(-c4ccc(-c5ccccc5)c5sc6c(c45)C=CCC6)c4c5ccccc5c5ccccc5c4c3)N2)=C1. The van der Waals surface area contributed by atoms with Crippen molar-refractivity contribution in [3.05, 3.63) is 209 Å². The Bertz CT molecular complexity index is 3300. The van der Waals surface area contributed by atoms with E-state index in [0.29, 0.717) is 0 Å². The molecule has 3 nitrogen and oxygen atoms in total. The number of rotatable bonds is 6. The third-order valence-corrected chi connectivity index (χ3v) is 14.2. The zero-order chi connectivity index (χ0) is 40.3. The van der Waals surface area contributed by atoms with Crippen molar-refractivity contribution in [2.24, 2.45) is 4.99 Å². The lowest BCUT2D eigenvalue weighted by Gasteiger charge is -2.34. The van der Waals surface area contributed by atoms with Gasteiger partial charge in [0.15, 0.2) is 0 Å². The van der Waals surface area contributed by atoms with E-state index in [9.17, 15) is 0 Å². The number of thiophene rings is 1. The topological polar surface area (TPSA) is 36.4 Å².